The molecule has 1 aromatic rings. The molecule has 0 radical (unpaired) electrons. The second kappa shape index (κ2) is 5.03. The summed E-state index contributed by atoms with van der Waals surface area (Å²) in [6.07, 6.45) is 5.18. The van der Waals surface area contributed by atoms with E-state index in [0.717, 1.165) is 18.2 Å². The number of nitrogens with zero attached hydrogens (tertiary/aromatic N) is 1. The lowest BCUT2D eigenvalue weighted by Crippen LogP contribution is -2.11. The molecular formula is C12H17N3O2. The molecule has 92 valence electrons. The van der Waals surface area contributed by atoms with Crippen molar-refractivity contribution in [1.29, 1.82) is 0 Å². The molecular weight excluding hydrogens is 218 g/mol. The van der Waals surface area contributed by atoms with Crippen LogP contribution >= 0.6 is 0 Å². The molecule has 17 heavy (non-hydrogen) atoms. The van der Waals surface area contributed by atoms with Crippen molar-refractivity contribution >= 4 is 17.1 Å². The van der Waals surface area contributed by atoms with Gasteiger partial charge in [0.25, 0.3) is 5.69 Å². The van der Waals surface area contributed by atoms with Gasteiger partial charge in [0.1, 0.15) is 5.69 Å². The van der Waals surface area contributed by atoms with Gasteiger partial charge in [-0.2, -0.15) is 0 Å². The van der Waals surface area contributed by atoms with E-state index in [1.807, 2.05) is 0 Å². The molecule has 0 unspecified atom stereocenters. The normalized spacial score (nSPS) is 16.0. The van der Waals surface area contributed by atoms with E-state index in [2.05, 4.69) is 5.32 Å². The number of benzene rings is 1. The first-order chi connectivity index (χ1) is 8.16. The van der Waals surface area contributed by atoms with Gasteiger partial charge in [0.05, 0.1) is 4.92 Å². The molecule has 0 aliphatic heterocycles. The summed E-state index contributed by atoms with van der Waals surface area (Å²) in [5, 5.41) is 13.9. The average molecular weight is 235 g/mol. The summed E-state index contributed by atoms with van der Waals surface area (Å²) >= 11 is 0. The molecule has 0 spiro atoms. The van der Waals surface area contributed by atoms with Crippen molar-refractivity contribution in [3.8, 4) is 0 Å². The van der Waals surface area contributed by atoms with Gasteiger partial charge >= 0.3 is 0 Å². The number of nitrogen functional groups attached to an aromatic ring is 1. The summed E-state index contributed by atoms with van der Waals surface area (Å²) in [7, 11) is 0. The predicted molar refractivity (Wildman–Crippen MR) is 68.0 cm³/mol. The zero-order valence-corrected chi connectivity index (χ0v) is 9.69. The number of anilines is 2. The van der Waals surface area contributed by atoms with Crippen molar-refractivity contribution in [3.63, 3.8) is 0 Å². The lowest BCUT2D eigenvalue weighted by Gasteiger charge is -2.12. The highest BCUT2D eigenvalue weighted by Crippen LogP contribution is 2.27. The van der Waals surface area contributed by atoms with Gasteiger partial charge in [-0.05, 0) is 30.9 Å². The van der Waals surface area contributed by atoms with Crippen molar-refractivity contribution in [1.82, 2.24) is 0 Å². The maximum atomic E-state index is 10.6. The third-order valence-electron chi connectivity index (χ3n) is 3.29. The highest BCUT2D eigenvalue weighted by atomic mass is 16.6. The third-order valence-corrected chi connectivity index (χ3v) is 3.29. The van der Waals surface area contributed by atoms with Crippen LogP contribution in [-0.4, -0.2) is 11.5 Å². The van der Waals surface area contributed by atoms with Crippen LogP contribution in [0, 0.1) is 16.0 Å². The molecule has 2 rings (SSSR count). The second-order valence-corrected chi connectivity index (χ2v) is 4.56. The Morgan fingerprint density at radius 2 is 2.12 bits per heavy atom. The molecule has 1 aliphatic rings. The molecule has 5 nitrogen and oxygen atoms in total. The Morgan fingerprint density at radius 1 is 1.41 bits per heavy atom. The number of nitrogens with two attached hydrogens (primary N) is 1. The quantitative estimate of drug-likeness (QED) is 0.477. The fraction of sp³-hybridized carbons (Fsp3) is 0.500. The summed E-state index contributed by atoms with van der Waals surface area (Å²) in [6.45, 7) is 0.928. The highest BCUT2D eigenvalue weighted by Gasteiger charge is 2.15. The molecule has 0 bridgehead atoms. The second-order valence-electron chi connectivity index (χ2n) is 4.56. The van der Waals surface area contributed by atoms with Gasteiger partial charge in [-0.3, -0.25) is 10.1 Å². The van der Waals surface area contributed by atoms with Crippen LogP contribution in [0.1, 0.15) is 25.7 Å². The molecule has 3 N–H and O–H groups in total. The molecule has 0 heterocycles. The van der Waals surface area contributed by atoms with Crippen molar-refractivity contribution in [2.75, 3.05) is 17.6 Å². The van der Waals surface area contributed by atoms with Crippen LogP contribution in [0.5, 0.6) is 0 Å². The molecule has 0 saturated heterocycles. The Morgan fingerprint density at radius 3 is 2.71 bits per heavy atom. The van der Waals surface area contributed by atoms with E-state index in [-0.39, 0.29) is 11.4 Å². The number of rotatable bonds is 4. The minimum Gasteiger partial charge on any atom is -0.393 e. The third kappa shape index (κ3) is 2.87. The first-order valence-electron chi connectivity index (χ1n) is 5.94. The zero-order valence-electron chi connectivity index (χ0n) is 9.69. The summed E-state index contributed by atoms with van der Waals surface area (Å²) in [6, 6.07) is 4.79. The molecule has 1 saturated carbocycles. The van der Waals surface area contributed by atoms with Crippen LogP contribution in [0.15, 0.2) is 18.2 Å². The van der Waals surface area contributed by atoms with Crippen molar-refractivity contribution in [3.05, 3.63) is 28.3 Å². The average Bonchev–Trinajstić information content (AvgIpc) is 2.78. The monoisotopic (exact) mass is 235 g/mol. The smallest absolute Gasteiger partial charge is 0.292 e. The Hall–Kier alpha value is -1.78. The predicted octanol–water partition coefficient (Wildman–Crippen LogP) is 2.78. The lowest BCUT2D eigenvalue weighted by molar-refractivity contribution is -0.383. The summed E-state index contributed by atoms with van der Waals surface area (Å²) in [4.78, 5) is 10.1. The van der Waals surface area contributed by atoms with E-state index < -0.39 is 4.92 Å². The first kappa shape index (κ1) is 11.7. The fourth-order valence-corrected chi connectivity index (χ4v) is 2.31. The molecule has 1 aromatic carbocycles. The summed E-state index contributed by atoms with van der Waals surface area (Å²) in [5.74, 6) is 0.728. The van der Waals surface area contributed by atoms with Crippen LogP contribution in [0.2, 0.25) is 0 Å². The van der Waals surface area contributed by atoms with Gasteiger partial charge in [-0.1, -0.05) is 12.8 Å². The van der Waals surface area contributed by atoms with Crippen molar-refractivity contribution < 1.29 is 4.92 Å². The van der Waals surface area contributed by atoms with Gasteiger partial charge in [-0.25, -0.2) is 0 Å². The number of hydrogen-bond acceptors (Lipinski definition) is 4. The number of nitro benzene ring substituents is 1. The van der Waals surface area contributed by atoms with E-state index in [0.29, 0.717) is 0 Å². The van der Waals surface area contributed by atoms with Gasteiger partial charge in [0.2, 0.25) is 0 Å². The molecule has 0 atom stereocenters. The largest absolute Gasteiger partial charge is 0.393 e. The topological polar surface area (TPSA) is 81.2 Å². The number of hydrogen-bond donors (Lipinski definition) is 2. The van der Waals surface area contributed by atoms with E-state index in [1.165, 1.54) is 31.7 Å². The van der Waals surface area contributed by atoms with Crippen LogP contribution in [-0.2, 0) is 0 Å². The molecule has 0 aromatic heterocycles. The molecule has 1 aliphatic carbocycles. The van der Waals surface area contributed by atoms with Gasteiger partial charge < -0.3 is 11.1 Å². The maximum Gasteiger partial charge on any atom is 0.292 e. The standard InChI is InChI=1S/C12H17N3O2/c13-11-7-10(5-6-12(11)15(16)17)14-8-9-3-1-2-4-9/h5-7,9,14H,1-4,8,13H2. The van der Waals surface area contributed by atoms with E-state index >= 15 is 0 Å². The molecule has 0 amide bonds. The van der Waals surface area contributed by atoms with Crippen LogP contribution < -0.4 is 11.1 Å². The van der Waals surface area contributed by atoms with Crippen molar-refractivity contribution in [2.45, 2.75) is 25.7 Å². The van der Waals surface area contributed by atoms with Crippen LogP contribution in [0.25, 0.3) is 0 Å². The molecule has 5 heteroatoms. The zero-order chi connectivity index (χ0) is 12.3. The van der Waals surface area contributed by atoms with E-state index in [9.17, 15) is 10.1 Å². The molecule has 1 fully saturated rings. The van der Waals surface area contributed by atoms with Crippen molar-refractivity contribution in [2.24, 2.45) is 5.92 Å². The Labute approximate surface area is 100 Å². The van der Waals surface area contributed by atoms with E-state index in [1.54, 1.807) is 12.1 Å². The Kier molecular flexibility index (Phi) is 3.46. The Bertz CT molecular complexity index is 414. The Balaban J connectivity index is 1.97. The number of nitrogens with one attached hydrogen (secondary N) is 1. The van der Waals surface area contributed by atoms with Gasteiger partial charge in [0, 0.05) is 18.3 Å². The van der Waals surface area contributed by atoms with Gasteiger partial charge in [0.15, 0.2) is 0 Å². The lowest BCUT2D eigenvalue weighted by atomic mass is 10.1. The van der Waals surface area contributed by atoms with E-state index in [4.69, 9.17) is 5.73 Å². The van der Waals surface area contributed by atoms with Crippen LogP contribution in [0.3, 0.4) is 0 Å². The van der Waals surface area contributed by atoms with Gasteiger partial charge in [-0.15, -0.1) is 0 Å². The minimum atomic E-state index is -0.462. The number of nitro groups is 1. The maximum absolute atomic E-state index is 10.6. The summed E-state index contributed by atoms with van der Waals surface area (Å²) in [5.41, 5.74) is 6.67. The first-order valence-corrected chi connectivity index (χ1v) is 5.94. The minimum absolute atomic E-state index is 0.0311. The highest BCUT2D eigenvalue weighted by molar-refractivity contribution is 5.65. The summed E-state index contributed by atoms with van der Waals surface area (Å²) < 4.78 is 0. The van der Waals surface area contributed by atoms with Crippen LogP contribution in [0.4, 0.5) is 17.1 Å². The SMILES string of the molecule is Nc1cc(NCC2CCCC2)ccc1[N+](=O)[O-]. The fourth-order valence-electron chi connectivity index (χ4n) is 2.31.